The first-order valence-electron chi connectivity index (χ1n) is 6.97. The molecule has 2 aromatic rings. The quantitative estimate of drug-likeness (QED) is 0.761. The van der Waals surface area contributed by atoms with Gasteiger partial charge in [-0.1, -0.05) is 30.3 Å². The standard InChI is InChI=1S/C16H15BrN2O4S/c17-13-8-4-5-9-14(13)19-15(20)10-18-16(21)11-24(22,23)12-6-2-1-3-7-12/h1-9H,10-11H2,(H,18,21)(H,19,20). The van der Waals surface area contributed by atoms with Crippen LogP contribution in [0, 0.1) is 0 Å². The Hall–Kier alpha value is -2.19. The minimum Gasteiger partial charge on any atom is -0.346 e. The summed E-state index contributed by atoms with van der Waals surface area (Å²) in [6, 6.07) is 14.7. The molecule has 126 valence electrons. The van der Waals surface area contributed by atoms with Crippen molar-refractivity contribution in [1.29, 1.82) is 0 Å². The predicted octanol–water partition coefficient (Wildman–Crippen LogP) is 1.98. The molecule has 2 N–H and O–H groups in total. The summed E-state index contributed by atoms with van der Waals surface area (Å²) in [4.78, 5) is 23.7. The van der Waals surface area contributed by atoms with Crippen molar-refractivity contribution in [3.8, 4) is 0 Å². The lowest BCUT2D eigenvalue weighted by atomic mass is 10.3. The van der Waals surface area contributed by atoms with E-state index < -0.39 is 27.4 Å². The van der Waals surface area contributed by atoms with Gasteiger partial charge in [0.05, 0.1) is 17.1 Å². The fourth-order valence-electron chi connectivity index (χ4n) is 1.87. The zero-order valence-electron chi connectivity index (χ0n) is 12.5. The average molecular weight is 411 g/mol. The number of nitrogens with one attached hydrogen (secondary N) is 2. The molecule has 0 atom stereocenters. The lowest BCUT2D eigenvalue weighted by Gasteiger charge is -2.09. The van der Waals surface area contributed by atoms with E-state index >= 15 is 0 Å². The number of carbonyl (C=O) groups is 2. The molecule has 2 amide bonds. The third kappa shape index (κ3) is 5.17. The van der Waals surface area contributed by atoms with Gasteiger partial charge in [0, 0.05) is 4.47 Å². The molecule has 24 heavy (non-hydrogen) atoms. The lowest BCUT2D eigenvalue weighted by Crippen LogP contribution is -2.36. The molecular formula is C16H15BrN2O4S. The number of sulfone groups is 1. The van der Waals surface area contributed by atoms with Crippen molar-refractivity contribution in [3.63, 3.8) is 0 Å². The number of anilines is 1. The van der Waals surface area contributed by atoms with E-state index in [0.29, 0.717) is 10.2 Å². The van der Waals surface area contributed by atoms with Crippen molar-refractivity contribution in [2.24, 2.45) is 0 Å². The second-order valence-corrected chi connectivity index (χ2v) is 7.72. The third-order valence-electron chi connectivity index (χ3n) is 3.02. The summed E-state index contributed by atoms with van der Waals surface area (Å²) in [5.41, 5.74) is 0.564. The molecule has 0 fully saturated rings. The summed E-state index contributed by atoms with van der Waals surface area (Å²) in [5.74, 6) is -1.90. The van der Waals surface area contributed by atoms with Crippen molar-refractivity contribution in [2.75, 3.05) is 17.6 Å². The highest BCUT2D eigenvalue weighted by molar-refractivity contribution is 9.10. The Labute approximate surface area is 148 Å². The van der Waals surface area contributed by atoms with Crippen LogP contribution in [0.25, 0.3) is 0 Å². The molecule has 2 aromatic carbocycles. The van der Waals surface area contributed by atoms with Crippen molar-refractivity contribution in [1.82, 2.24) is 5.32 Å². The molecule has 0 aromatic heterocycles. The summed E-state index contributed by atoms with van der Waals surface area (Å²) >= 11 is 3.29. The zero-order chi connectivity index (χ0) is 17.6. The van der Waals surface area contributed by atoms with Gasteiger partial charge in [-0.2, -0.15) is 0 Å². The topological polar surface area (TPSA) is 92.3 Å². The molecule has 0 saturated carbocycles. The molecular weight excluding hydrogens is 396 g/mol. The molecule has 0 aliphatic carbocycles. The van der Waals surface area contributed by atoms with Gasteiger partial charge >= 0.3 is 0 Å². The van der Waals surface area contributed by atoms with Gasteiger partial charge in [0.1, 0.15) is 5.75 Å². The number of benzene rings is 2. The summed E-state index contributed by atoms with van der Waals surface area (Å²) in [6.07, 6.45) is 0. The Balaban J connectivity index is 1.87. The maximum Gasteiger partial charge on any atom is 0.243 e. The second kappa shape index (κ2) is 8.07. The van der Waals surface area contributed by atoms with E-state index in [1.54, 1.807) is 42.5 Å². The van der Waals surface area contributed by atoms with Crippen molar-refractivity contribution in [3.05, 3.63) is 59.1 Å². The van der Waals surface area contributed by atoms with E-state index in [2.05, 4.69) is 26.6 Å². The van der Waals surface area contributed by atoms with Gasteiger partial charge in [-0.3, -0.25) is 9.59 Å². The first-order valence-corrected chi connectivity index (χ1v) is 9.42. The van der Waals surface area contributed by atoms with Crippen molar-refractivity contribution in [2.45, 2.75) is 4.90 Å². The van der Waals surface area contributed by atoms with E-state index in [-0.39, 0.29) is 11.4 Å². The SMILES string of the molecule is O=C(CS(=O)(=O)c1ccccc1)NCC(=O)Nc1ccccc1Br. The van der Waals surface area contributed by atoms with Crippen LogP contribution in [0.2, 0.25) is 0 Å². The van der Waals surface area contributed by atoms with Crippen LogP contribution < -0.4 is 10.6 Å². The zero-order valence-corrected chi connectivity index (χ0v) is 14.9. The highest BCUT2D eigenvalue weighted by Gasteiger charge is 2.19. The highest BCUT2D eigenvalue weighted by atomic mass is 79.9. The van der Waals surface area contributed by atoms with Gasteiger partial charge in [0.15, 0.2) is 9.84 Å². The fourth-order valence-corrected chi connectivity index (χ4v) is 3.44. The number of halogens is 1. The molecule has 0 spiro atoms. The molecule has 0 saturated heterocycles. The lowest BCUT2D eigenvalue weighted by molar-refractivity contribution is -0.122. The van der Waals surface area contributed by atoms with Gasteiger partial charge in [-0.05, 0) is 40.2 Å². The number of amides is 2. The second-order valence-electron chi connectivity index (χ2n) is 4.88. The minimum atomic E-state index is -3.72. The fraction of sp³-hybridized carbons (Fsp3) is 0.125. The van der Waals surface area contributed by atoms with Crippen LogP contribution in [-0.2, 0) is 19.4 Å². The Kier molecular flexibility index (Phi) is 6.10. The Bertz CT molecular complexity index is 838. The molecule has 0 aliphatic rings. The van der Waals surface area contributed by atoms with Crippen LogP contribution >= 0.6 is 15.9 Å². The van der Waals surface area contributed by atoms with Crippen molar-refractivity contribution < 1.29 is 18.0 Å². The Morgan fingerprint density at radius 3 is 2.21 bits per heavy atom. The van der Waals surface area contributed by atoms with Crippen LogP contribution in [0.1, 0.15) is 0 Å². The molecule has 0 bridgehead atoms. The highest BCUT2D eigenvalue weighted by Crippen LogP contribution is 2.20. The maximum absolute atomic E-state index is 12.1. The molecule has 0 aliphatic heterocycles. The first-order chi connectivity index (χ1) is 11.4. The van der Waals surface area contributed by atoms with E-state index in [9.17, 15) is 18.0 Å². The average Bonchev–Trinajstić information content (AvgIpc) is 2.56. The smallest absolute Gasteiger partial charge is 0.243 e. The number of hydrogen-bond donors (Lipinski definition) is 2. The van der Waals surface area contributed by atoms with Gasteiger partial charge in [-0.25, -0.2) is 8.42 Å². The number of para-hydroxylation sites is 1. The van der Waals surface area contributed by atoms with Crippen LogP contribution in [0.4, 0.5) is 5.69 Å². The number of hydrogen-bond acceptors (Lipinski definition) is 4. The molecule has 0 unspecified atom stereocenters. The minimum absolute atomic E-state index is 0.0674. The molecule has 8 heteroatoms. The predicted molar refractivity (Wildman–Crippen MR) is 94.3 cm³/mol. The first kappa shape index (κ1) is 18.2. The van der Waals surface area contributed by atoms with E-state index in [4.69, 9.17) is 0 Å². The van der Waals surface area contributed by atoms with Crippen molar-refractivity contribution >= 4 is 43.3 Å². The molecule has 2 rings (SSSR count). The summed E-state index contributed by atoms with van der Waals surface area (Å²) in [5, 5.41) is 4.91. The van der Waals surface area contributed by atoms with E-state index in [0.717, 1.165) is 0 Å². The monoisotopic (exact) mass is 410 g/mol. The van der Waals surface area contributed by atoms with E-state index in [1.165, 1.54) is 12.1 Å². The maximum atomic E-state index is 12.1. The van der Waals surface area contributed by atoms with Crippen LogP contribution in [-0.4, -0.2) is 32.5 Å². The Morgan fingerprint density at radius 1 is 0.917 bits per heavy atom. The molecule has 0 radical (unpaired) electrons. The van der Waals surface area contributed by atoms with Gasteiger partial charge in [0.25, 0.3) is 0 Å². The van der Waals surface area contributed by atoms with Gasteiger partial charge < -0.3 is 10.6 Å². The largest absolute Gasteiger partial charge is 0.346 e. The summed E-state index contributed by atoms with van der Waals surface area (Å²) in [7, 11) is -3.72. The van der Waals surface area contributed by atoms with Crippen LogP contribution in [0.15, 0.2) is 64.0 Å². The van der Waals surface area contributed by atoms with Gasteiger partial charge in [-0.15, -0.1) is 0 Å². The van der Waals surface area contributed by atoms with Crippen LogP contribution in [0.5, 0.6) is 0 Å². The Morgan fingerprint density at radius 2 is 1.54 bits per heavy atom. The van der Waals surface area contributed by atoms with Crippen LogP contribution in [0.3, 0.4) is 0 Å². The van der Waals surface area contributed by atoms with E-state index in [1.807, 2.05) is 0 Å². The molecule has 0 heterocycles. The van der Waals surface area contributed by atoms with Gasteiger partial charge in [0.2, 0.25) is 11.8 Å². The third-order valence-corrected chi connectivity index (χ3v) is 5.34. The summed E-state index contributed by atoms with van der Waals surface area (Å²) < 4.78 is 24.8. The molecule has 6 nitrogen and oxygen atoms in total. The number of carbonyl (C=O) groups excluding carboxylic acids is 2. The number of rotatable bonds is 6. The summed E-state index contributed by atoms with van der Waals surface area (Å²) in [6.45, 7) is -0.315. The normalized spacial score (nSPS) is 10.9.